The zero-order valence-corrected chi connectivity index (χ0v) is 26.9. The maximum absolute atomic E-state index is 16.2. The molecule has 0 nitrogen and oxygen atoms in total. The monoisotopic (exact) mass is 1050 g/mol. The summed E-state index contributed by atoms with van der Waals surface area (Å²) in [5.41, 5.74) is -11.9. The number of halogens is 42. The van der Waals surface area contributed by atoms with E-state index < -0.39 is 120 Å². The normalized spacial score (nSPS) is 17.5. The molecule has 0 aliphatic carbocycles. The van der Waals surface area contributed by atoms with Crippen molar-refractivity contribution < 1.29 is 184 Å². The van der Waals surface area contributed by atoms with Crippen molar-refractivity contribution in [2.45, 2.75) is 112 Å². The molecule has 0 N–H and O–H groups in total. The van der Waals surface area contributed by atoms with Gasteiger partial charge in [-0.1, -0.05) is 0 Å². The molecule has 0 aliphatic rings. The SMILES string of the molecule is FC(F)(F)C(F)(F)C(F)(F)C(F)(F)C(F)(F)C(F)(F)C(F)(F)C(F)(F)C(C(F)(F)F)(C(F)(F)F)[Si](C(F)(F)C(F)(F)F)(C(F)(C(F)(F)F)C(F)(F)F)C(F)(C(F)(F)F)C(F)(F)F. The fourth-order valence-electron chi connectivity index (χ4n) is 5.38. The van der Waals surface area contributed by atoms with E-state index in [4.69, 9.17) is 0 Å². The maximum atomic E-state index is 15.6. The maximum Gasteiger partial charge on any atom is 0.460 e. The smallest absolute Gasteiger partial charge is 0.227 e. The zero-order valence-electron chi connectivity index (χ0n) is 25.9. The van der Waals surface area contributed by atoms with Gasteiger partial charge in [0.05, 0.1) is 0 Å². The van der Waals surface area contributed by atoms with E-state index in [0.717, 1.165) is 0 Å². The van der Waals surface area contributed by atoms with Gasteiger partial charge in [-0.25, -0.2) is 17.6 Å². The Morgan fingerprint density at radius 2 is 0.339 bits per heavy atom. The minimum absolute atomic E-state index is 8.84. The molecule has 43 heteroatoms. The Morgan fingerprint density at radius 1 is 0.161 bits per heavy atom. The summed E-state index contributed by atoms with van der Waals surface area (Å²) in [6.45, 7) is 0. The molecule has 0 aromatic rings. The van der Waals surface area contributed by atoms with Gasteiger partial charge in [0.2, 0.25) is 5.04 Å². The van der Waals surface area contributed by atoms with Gasteiger partial charge in [-0.3, -0.25) is 0 Å². The van der Waals surface area contributed by atoms with E-state index in [0.29, 0.717) is 0 Å². The average Bonchev–Trinajstić information content (AvgIpc) is 2.92. The third kappa shape index (κ3) is 6.41. The van der Waals surface area contributed by atoms with Crippen molar-refractivity contribution >= 4 is 8.07 Å². The third-order valence-electron chi connectivity index (χ3n) is 8.03. The van der Waals surface area contributed by atoms with Crippen molar-refractivity contribution in [2.24, 2.45) is 0 Å². The van der Waals surface area contributed by atoms with Gasteiger partial charge in [-0.15, -0.1) is 0 Å². The van der Waals surface area contributed by atoms with Crippen molar-refractivity contribution in [1.29, 1.82) is 0 Å². The van der Waals surface area contributed by atoms with E-state index in [1.807, 2.05) is 0 Å². The first-order valence-electron chi connectivity index (χ1n) is 12.7. The van der Waals surface area contributed by atoms with Crippen molar-refractivity contribution in [3.8, 4) is 0 Å². The fraction of sp³-hybridized carbons (Fsp3) is 1.00. The van der Waals surface area contributed by atoms with Gasteiger partial charge in [-0.05, 0) is 0 Å². The van der Waals surface area contributed by atoms with E-state index in [1.165, 1.54) is 0 Å². The molecule has 0 aliphatic heterocycles. The Morgan fingerprint density at radius 3 is 0.484 bits per heavy atom. The Balaban J connectivity index is 11.0. The van der Waals surface area contributed by atoms with Crippen LogP contribution in [0.2, 0.25) is 5.04 Å². The predicted molar refractivity (Wildman–Crippen MR) is 104 cm³/mol. The standard InChI is InChI=1S/C19F42Si/c20-2(21,3(22,23)4(24,25)5(26,27)6(28,29)7(30,31)8(32,33)13(42,43)44)1(11(36,37)38,12(39,40)41)62(19(60,61)18(57,58)59,9(34,14(45,46)47)15(48,49)50)10(35,16(51,52)53)17(54,55)56. The van der Waals surface area contributed by atoms with Gasteiger partial charge < -0.3 is 0 Å². The van der Waals surface area contributed by atoms with E-state index in [9.17, 15) is 158 Å². The van der Waals surface area contributed by atoms with Gasteiger partial charge in [0.1, 0.15) is 0 Å². The summed E-state index contributed by atoms with van der Waals surface area (Å²) in [5, 5.41) is -37.1. The second kappa shape index (κ2) is 13.9. The van der Waals surface area contributed by atoms with Crippen LogP contribution in [0, 0.1) is 0 Å². The molecular weight excluding hydrogens is 1050 g/mol. The average molecular weight is 1050 g/mol. The molecule has 0 aromatic heterocycles. The summed E-state index contributed by atoms with van der Waals surface area (Å²) >= 11 is 0. The van der Waals surface area contributed by atoms with Crippen LogP contribution in [-0.4, -0.2) is 115 Å². The van der Waals surface area contributed by atoms with Crippen LogP contribution in [-0.2, 0) is 0 Å². The third-order valence-corrected chi connectivity index (χ3v) is 14.5. The quantitative estimate of drug-likeness (QED) is 0.143. The van der Waals surface area contributed by atoms with E-state index in [1.54, 1.807) is 0 Å². The van der Waals surface area contributed by atoms with Crippen LogP contribution >= 0.6 is 0 Å². The highest BCUT2D eigenvalue weighted by Gasteiger charge is 3.17. The van der Waals surface area contributed by atoms with Crippen LogP contribution in [0.5, 0.6) is 0 Å². The number of hydrogen-bond donors (Lipinski definition) is 0. The summed E-state index contributed by atoms with van der Waals surface area (Å²) in [6.07, 6.45) is -86.2. The van der Waals surface area contributed by atoms with Crippen LogP contribution in [0.4, 0.5) is 184 Å². The molecule has 0 atom stereocenters. The van der Waals surface area contributed by atoms with Gasteiger partial charge in [0.15, 0.2) is 0 Å². The van der Waals surface area contributed by atoms with E-state index >= 15 is 26.3 Å². The zero-order chi connectivity index (χ0) is 52.0. The molecule has 62 heavy (non-hydrogen) atoms. The molecule has 0 radical (unpaired) electrons. The minimum atomic E-state index is -16.2. The molecule has 374 valence electrons. The Bertz CT molecular complexity index is 1520. The first-order valence-corrected chi connectivity index (χ1v) is 14.7. The van der Waals surface area contributed by atoms with Gasteiger partial charge in [0, 0.05) is 0 Å². The van der Waals surface area contributed by atoms with E-state index in [2.05, 4.69) is 0 Å². The van der Waals surface area contributed by atoms with Crippen LogP contribution < -0.4 is 0 Å². The predicted octanol–water partition coefficient (Wildman–Crippen LogP) is 13.8. The summed E-state index contributed by atoms with van der Waals surface area (Å²) < 4.78 is 589. The van der Waals surface area contributed by atoms with Crippen LogP contribution in [0.3, 0.4) is 0 Å². The van der Waals surface area contributed by atoms with Crippen molar-refractivity contribution in [2.75, 3.05) is 0 Å². The molecule has 0 rings (SSSR count). The molecule has 0 unspecified atom stereocenters. The molecule has 0 aromatic carbocycles. The topological polar surface area (TPSA) is 0 Å². The van der Waals surface area contributed by atoms with Gasteiger partial charge in [-0.2, -0.15) is 167 Å². The van der Waals surface area contributed by atoms with E-state index in [-0.39, 0.29) is 0 Å². The van der Waals surface area contributed by atoms with Gasteiger partial charge in [0.25, 0.3) is 10.6 Å². The van der Waals surface area contributed by atoms with Crippen molar-refractivity contribution in [3.05, 3.63) is 0 Å². The number of alkyl halides is 42. The highest BCUT2D eigenvalue weighted by atomic mass is 28.3. The number of hydrogen-bond acceptors (Lipinski definition) is 0. The second-order valence-corrected chi connectivity index (χ2v) is 15.7. The fourth-order valence-corrected chi connectivity index (χ4v) is 11.8. The lowest BCUT2D eigenvalue weighted by Gasteiger charge is -2.63. The minimum Gasteiger partial charge on any atom is -0.227 e. The number of rotatable bonds is 11. The summed E-state index contributed by atoms with van der Waals surface area (Å²) in [6, 6.07) is 0. The highest BCUT2D eigenvalue weighted by molar-refractivity contribution is 6.91. The molecule has 0 heterocycles. The van der Waals surface area contributed by atoms with Crippen molar-refractivity contribution in [3.63, 3.8) is 0 Å². The van der Waals surface area contributed by atoms with Crippen molar-refractivity contribution in [1.82, 2.24) is 0 Å². The lowest BCUT2D eigenvalue weighted by Crippen LogP contribution is -3.00. The molecule has 0 saturated carbocycles. The summed E-state index contributed by atoms with van der Waals surface area (Å²) in [7, 11) is -16.2. The largest absolute Gasteiger partial charge is 0.460 e. The highest BCUT2D eigenvalue weighted by Crippen LogP contribution is 2.85. The molecule has 0 bridgehead atoms. The molecule has 0 saturated heterocycles. The molecule has 0 spiro atoms. The lowest BCUT2D eigenvalue weighted by atomic mass is 9.83. The lowest BCUT2D eigenvalue weighted by molar-refractivity contribution is -0.472. The van der Waals surface area contributed by atoms with Crippen LogP contribution in [0.25, 0.3) is 0 Å². The second-order valence-electron chi connectivity index (χ2n) is 11.4. The molecule has 0 amide bonds. The summed E-state index contributed by atoms with van der Waals surface area (Å²) in [5.74, 6) is -76.6. The molecule has 0 fully saturated rings. The van der Waals surface area contributed by atoms with Gasteiger partial charge >= 0.3 is 104 Å². The first kappa shape index (κ1) is 59.3. The molecular formula is C19F42Si. The first-order chi connectivity index (χ1) is 25.8. The Hall–Kier alpha value is -2.72. The Kier molecular flexibility index (Phi) is 13.3. The Labute approximate surface area is 306 Å². The van der Waals surface area contributed by atoms with Crippen LogP contribution in [0.1, 0.15) is 0 Å². The summed E-state index contributed by atoms with van der Waals surface area (Å²) in [4.78, 5) is 0. The van der Waals surface area contributed by atoms with Crippen LogP contribution in [0.15, 0.2) is 0 Å².